The van der Waals surface area contributed by atoms with Crippen molar-refractivity contribution in [2.45, 2.75) is 62.6 Å². The van der Waals surface area contributed by atoms with E-state index >= 15 is 0 Å². The molecule has 1 unspecified atom stereocenters. The number of carbonyl (C=O) groups is 1. The zero-order valence-corrected chi connectivity index (χ0v) is 23.6. The van der Waals surface area contributed by atoms with Crippen molar-refractivity contribution in [3.63, 3.8) is 0 Å². The van der Waals surface area contributed by atoms with E-state index in [2.05, 4.69) is 14.6 Å². The van der Waals surface area contributed by atoms with Crippen molar-refractivity contribution in [3.05, 3.63) is 76.4 Å². The number of carbonyl (C=O) groups excluding carboxylic acids is 1. The molecule has 1 atom stereocenters. The summed E-state index contributed by atoms with van der Waals surface area (Å²) in [7, 11) is 3.51. The van der Waals surface area contributed by atoms with Gasteiger partial charge >= 0.3 is 6.18 Å². The summed E-state index contributed by atoms with van der Waals surface area (Å²) >= 11 is -1.66. The van der Waals surface area contributed by atoms with Crippen LogP contribution in [-0.2, 0) is 41.3 Å². The van der Waals surface area contributed by atoms with Crippen LogP contribution < -0.4 is 4.90 Å². The molecule has 1 aliphatic heterocycles. The molecule has 0 spiro atoms. The van der Waals surface area contributed by atoms with Gasteiger partial charge in [-0.05, 0) is 74.6 Å². The van der Waals surface area contributed by atoms with Crippen LogP contribution in [0, 0.1) is 0 Å². The van der Waals surface area contributed by atoms with Crippen molar-refractivity contribution >= 4 is 29.2 Å². The number of aryl methyl sites for hydroxylation is 1. The molecule has 0 N–H and O–H groups in total. The number of alkyl halides is 3. The molecule has 12 heteroatoms. The average Bonchev–Trinajstić information content (AvgIpc) is 3.44. The number of ether oxygens (including phenoxy) is 1. The third kappa shape index (κ3) is 4.92. The Labute approximate surface area is 233 Å². The Balaban J connectivity index is 1.52. The lowest BCUT2D eigenvalue weighted by Crippen LogP contribution is -2.48. The van der Waals surface area contributed by atoms with Crippen molar-refractivity contribution in [2.75, 3.05) is 12.0 Å². The maximum atomic E-state index is 14.1. The zero-order valence-electron chi connectivity index (χ0n) is 22.8. The highest BCUT2D eigenvalue weighted by Crippen LogP contribution is 2.50. The molecule has 212 valence electrons. The van der Waals surface area contributed by atoms with Crippen LogP contribution >= 0.6 is 0 Å². The summed E-state index contributed by atoms with van der Waals surface area (Å²) in [5.41, 5.74) is -0.116. The first kappa shape index (κ1) is 28.3. The Hall–Kier alpha value is -3.22. The number of hydrogen-bond donors (Lipinski definition) is 0. The predicted molar refractivity (Wildman–Crippen MR) is 146 cm³/mol. The summed E-state index contributed by atoms with van der Waals surface area (Å²) < 4.78 is 65.4. The van der Waals surface area contributed by atoms with Gasteiger partial charge in [0, 0.05) is 25.4 Å². The summed E-state index contributed by atoms with van der Waals surface area (Å²) in [6.45, 7) is 4.92. The van der Waals surface area contributed by atoms with E-state index in [4.69, 9.17) is 4.74 Å². The van der Waals surface area contributed by atoms with Crippen LogP contribution in [0.15, 0.2) is 47.1 Å². The lowest BCUT2D eigenvalue weighted by molar-refractivity contribution is -0.138. The molecule has 1 saturated carbocycles. The number of methoxy groups -OCH3 is 1. The van der Waals surface area contributed by atoms with Gasteiger partial charge in [0.05, 0.1) is 29.8 Å². The Morgan fingerprint density at radius 2 is 1.93 bits per heavy atom. The third-order valence-corrected chi connectivity index (χ3v) is 8.87. The van der Waals surface area contributed by atoms with E-state index in [1.807, 2.05) is 23.7 Å². The normalized spacial score (nSPS) is 22.1. The zero-order chi connectivity index (χ0) is 29.0. The highest BCUT2D eigenvalue weighted by atomic mass is 32.2. The Morgan fingerprint density at radius 1 is 1.20 bits per heavy atom. The fourth-order valence-electron chi connectivity index (χ4n) is 5.35. The molecule has 1 aromatic heterocycles. The van der Waals surface area contributed by atoms with Crippen LogP contribution in [0.5, 0.6) is 0 Å². The van der Waals surface area contributed by atoms with E-state index in [0.717, 1.165) is 23.7 Å². The first-order valence-electron chi connectivity index (χ1n) is 12.7. The van der Waals surface area contributed by atoms with Gasteiger partial charge in [0.15, 0.2) is 0 Å². The smallest absolute Gasteiger partial charge is 0.416 e. The van der Waals surface area contributed by atoms with Crippen LogP contribution in [0.3, 0.4) is 0 Å². The number of fused-ring (bicyclic) bond motifs is 1. The van der Waals surface area contributed by atoms with Crippen molar-refractivity contribution in [1.29, 1.82) is 0 Å². The molecule has 2 aliphatic rings. The van der Waals surface area contributed by atoms with Crippen LogP contribution in [0.2, 0.25) is 0 Å². The Bertz CT molecular complexity index is 1470. The minimum Gasteiger partial charge on any atom is -0.591 e. The molecule has 0 saturated heterocycles. The number of nitrogens with zero attached hydrogens (tertiary/aromatic N) is 5. The van der Waals surface area contributed by atoms with E-state index in [0.29, 0.717) is 18.5 Å². The summed E-state index contributed by atoms with van der Waals surface area (Å²) in [6, 6.07) is 9.62. The summed E-state index contributed by atoms with van der Waals surface area (Å²) in [5, 5.41) is 8.38. The largest absolute Gasteiger partial charge is 0.591 e. The van der Waals surface area contributed by atoms with Gasteiger partial charge < -0.3 is 18.8 Å². The first-order chi connectivity index (χ1) is 18.7. The lowest BCUT2D eigenvalue weighted by atomic mass is 9.62. The van der Waals surface area contributed by atoms with E-state index in [1.54, 1.807) is 46.3 Å². The molecule has 1 amide bonds. The van der Waals surface area contributed by atoms with Crippen LogP contribution in [0.4, 0.5) is 18.9 Å². The van der Waals surface area contributed by atoms with Crippen molar-refractivity contribution in [1.82, 2.24) is 14.8 Å². The second kappa shape index (κ2) is 10.0. The molecule has 5 rings (SSSR count). The summed E-state index contributed by atoms with van der Waals surface area (Å²) in [6.07, 6.45) is -0.583. The number of aromatic nitrogens is 3. The molecule has 0 bridgehead atoms. The highest BCUT2D eigenvalue weighted by molar-refractivity contribution is 7.91. The van der Waals surface area contributed by atoms with Gasteiger partial charge in [-0.1, -0.05) is 16.5 Å². The molecular formula is C28H30F3N5O3S. The first-order valence-corrected chi connectivity index (χ1v) is 13.8. The van der Waals surface area contributed by atoms with Gasteiger partial charge in [-0.2, -0.15) is 13.2 Å². The van der Waals surface area contributed by atoms with E-state index < -0.39 is 39.2 Å². The highest BCUT2D eigenvalue weighted by Gasteiger charge is 2.50. The van der Waals surface area contributed by atoms with Crippen LogP contribution in [0.1, 0.15) is 72.0 Å². The minimum atomic E-state index is -4.69. The maximum absolute atomic E-state index is 14.1. The number of rotatable bonds is 6. The molecule has 1 fully saturated rings. The standard InChI is InChI=1S/C28H30F3N5O3S/c1-26(2,3)40(38)33-14-17-9-21-22(23(10-17)28(29,30)31)15-36(24(21)37)19-8-6-7-18(11-19)27(12-20(13-27)39-5)25-34-32-16-35(25)4/h6-11,14,16,20H,12-13,15H2,1-5H3. The molecule has 3 aromatic rings. The van der Waals surface area contributed by atoms with Crippen molar-refractivity contribution in [3.8, 4) is 0 Å². The summed E-state index contributed by atoms with van der Waals surface area (Å²) in [5.74, 6) is 0.214. The molecule has 8 nitrogen and oxygen atoms in total. The van der Waals surface area contributed by atoms with Crippen LogP contribution in [0.25, 0.3) is 0 Å². The van der Waals surface area contributed by atoms with Gasteiger partial charge in [-0.3, -0.25) is 4.79 Å². The van der Waals surface area contributed by atoms with Gasteiger partial charge in [0.1, 0.15) is 28.3 Å². The number of halogens is 3. The Morgan fingerprint density at radius 3 is 2.52 bits per heavy atom. The topological polar surface area (TPSA) is 95.7 Å². The number of benzene rings is 2. The number of hydrogen-bond acceptors (Lipinski definition) is 6. The SMILES string of the molecule is COC1CC(c2cccc(N3Cc4c(cc(C=N[S+]([O-])C(C)(C)C)cc4C(F)(F)F)C3=O)c2)(c2nncn2C)C1. The summed E-state index contributed by atoms with van der Waals surface area (Å²) in [4.78, 5) is 14.9. The molecular weight excluding hydrogens is 543 g/mol. The monoisotopic (exact) mass is 573 g/mol. The molecule has 2 heterocycles. The fraction of sp³-hybridized carbons (Fsp3) is 0.429. The van der Waals surface area contributed by atoms with Gasteiger partial charge in [0.25, 0.3) is 5.91 Å². The number of amides is 1. The van der Waals surface area contributed by atoms with Gasteiger partial charge in [0.2, 0.25) is 0 Å². The average molecular weight is 574 g/mol. The molecule has 1 aliphatic carbocycles. The maximum Gasteiger partial charge on any atom is 0.416 e. The van der Waals surface area contributed by atoms with Crippen molar-refractivity contribution < 1.29 is 27.3 Å². The van der Waals surface area contributed by atoms with Gasteiger partial charge in [-0.15, -0.1) is 10.2 Å². The third-order valence-electron chi connectivity index (χ3n) is 7.53. The fourth-order valence-corrected chi connectivity index (χ4v) is 5.89. The second-order valence-corrected chi connectivity index (χ2v) is 13.2. The predicted octanol–water partition coefficient (Wildman–Crippen LogP) is 4.97. The van der Waals surface area contributed by atoms with Crippen LogP contribution in [-0.4, -0.2) is 49.4 Å². The van der Waals surface area contributed by atoms with Crippen molar-refractivity contribution in [2.24, 2.45) is 11.4 Å². The Kier molecular flexibility index (Phi) is 7.08. The van der Waals surface area contributed by atoms with E-state index in [9.17, 15) is 22.5 Å². The quantitative estimate of drug-likeness (QED) is 0.307. The van der Waals surface area contributed by atoms with E-state index in [-0.39, 0.29) is 29.3 Å². The lowest BCUT2D eigenvalue weighted by Gasteiger charge is -2.46. The van der Waals surface area contributed by atoms with Gasteiger partial charge in [-0.25, -0.2) is 0 Å². The number of anilines is 1. The molecule has 0 radical (unpaired) electrons. The second-order valence-electron chi connectivity index (χ2n) is 11.2. The minimum absolute atomic E-state index is 0.0278. The molecule has 40 heavy (non-hydrogen) atoms. The molecule has 2 aromatic carbocycles. The van der Waals surface area contributed by atoms with E-state index in [1.165, 1.54) is 11.0 Å².